The number of anilines is 3. The number of carbonyl (C=O) groups excluding carboxylic acids is 1. The first kappa shape index (κ1) is 24.3. The van der Waals surface area contributed by atoms with Crippen molar-refractivity contribution in [3.05, 3.63) is 48.5 Å². The van der Waals surface area contributed by atoms with Crippen molar-refractivity contribution in [1.82, 2.24) is 9.62 Å². The van der Waals surface area contributed by atoms with Crippen LogP contribution < -0.4 is 21.7 Å². The van der Waals surface area contributed by atoms with Crippen LogP contribution in [0.1, 0.15) is 51.4 Å². The van der Waals surface area contributed by atoms with Crippen molar-refractivity contribution in [2.24, 2.45) is 0 Å². The number of nitrogens with two attached hydrogens (primary N) is 2. The summed E-state index contributed by atoms with van der Waals surface area (Å²) < 4.78 is 27.5. The highest BCUT2D eigenvalue weighted by Crippen LogP contribution is 2.29. The van der Waals surface area contributed by atoms with Gasteiger partial charge in [0, 0.05) is 36.5 Å². The number of nitrogens with one attached hydrogen (secondary N) is 1. The number of hydrogen-bond acceptors (Lipinski definition) is 5. The van der Waals surface area contributed by atoms with Crippen molar-refractivity contribution in [1.29, 1.82) is 0 Å². The molecule has 4 rings (SSSR count). The number of amides is 2. The van der Waals surface area contributed by atoms with Gasteiger partial charge in [-0.05, 0) is 56.0 Å². The molecule has 9 heteroatoms. The molecule has 2 aliphatic rings. The van der Waals surface area contributed by atoms with E-state index < -0.39 is 10.0 Å². The third-order valence-electron chi connectivity index (χ3n) is 6.88. The zero-order valence-corrected chi connectivity index (χ0v) is 20.3. The van der Waals surface area contributed by atoms with Crippen LogP contribution >= 0.6 is 0 Å². The third kappa shape index (κ3) is 5.47. The van der Waals surface area contributed by atoms with E-state index in [4.69, 9.17) is 11.5 Å². The molecule has 2 aromatic carbocycles. The lowest BCUT2D eigenvalue weighted by Crippen LogP contribution is -2.52. The summed E-state index contributed by atoms with van der Waals surface area (Å²) in [6.07, 6.45) is 7.64. The van der Waals surface area contributed by atoms with Gasteiger partial charge in [-0.25, -0.2) is 13.2 Å². The number of piperidine rings is 1. The summed E-state index contributed by atoms with van der Waals surface area (Å²) in [6, 6.07) is 13.9. The van der Waals surface area contributed by atoms with Gasteiger partial charge in [-0.3, -0.25) is 4.90 Å². The molecule has 2 fully saturated rings. The van der Waals surface area contributed by atoms with E-state index in [1.165, 1.54) is 23.2 Å². The summed E-state index contributed by atoms with van der Waals surface area (Å²) in [5.41, 5.74) is 13.6. The van der Waals surface area contributed by atoms with E-state index in [-0.39, 0.29) is 28.7 Å². The average molecular weight is 486 g/mol. The Labute approximate surface area is 202 Å². The highest BCUT2D eigenvalue weighted by molar-refractivity contribution is 7.89. The Morgan fingerprint density at radius 1 is 0.912 bits per heavy atom. The number of rotatable bonds is 5. The van der Waals surface area contributed by atoms with Gasteiger partial charge in [-0.1, -0.05) is 43.9 Å². The van der Waals surface area contributed by atoms with Crippen LogP contribution in [0.2, 0.25) is 0 Å². The molecule has 0 radical (unpaired) electrons. The van der Waals surface area contributed by atoms with Gasteiger partial charge in [0.2, 0.25) is 10.0 Å². The van der Waals surface area contributed by atoms with Crippen molar-refractivity contribution in [2.45, 2.75) is 68.3 Å². The molecule has 1 aliphatic carbocycles. The van der Waals surface area contributed by atoms with E-state index in [1.807, 2.05) is 29.2 Å². The van der Waals surface area contributed by atoms with Gasteiger partial charge in [0.25, 0.3) is 0 Å². The van der Waals surface area contributed by atoms with E-state index in [0.29, 0.717) is 31.6 Å². The highest BCUT2D eigenvalue weighted by atomic mass is 32.2. The summed E-state index contributed by atoms with van der Waals surface area (Å²) in [5, 5.41) is 3.18. The van der Waals surface area contributed by atoms with Gasteiger partial charge < -0.3 is 16.8 Å². The van der Waals surface area contributed by atoms with E-state index in [2.05, 4.69) is 5.32 Å². The van der Waals surface area contributed by atoms with Crippen LogP contribution in [0.15, 0.2) is 53.4 Å². The molecule has 34 heavy (non-hydrogen) atoms. The van der Waals surface area contributed by atoms with Crippen LogP contribution in [-0.2, 0) is 10.0 Å². The van der Waals surface area contributed by atoms with Gasteiger partial charge in [0.05, 0.1) is 5.69 Å². The maximum absolute atomic E-state index is 13.5. The second kappa shape index (κ2) is 10.7. The van der Waals surface area contributed by atoms with Crippen molar-refractivity contribution < 1.29 is 13.2 Å². The Kier molecular flexibility index (Phi) is 7.63. The van der Waals surface area contributed by atoms with E-state index in [0.717, 1.165) is 31.4 Å². The average Bonchev–Trinajstić information content (AvgIpc) is 3.09. The van der Waals surface area contributed by atoms with Crippen LogP contribution in [0.4, 0.5) is 21.9 Å². The van der Waals surface area contributed by atoms with Crippen LogP contribution in [0, 0.1) is 0 Å². The van der Waals surface area contributed by atoms with Crippen molar-refractivity contribution in [3.8, 4) is 0 Å². The minimum atomic E-state index is -3.66. The smallest absolute Gasteiger partial charge is 0.322 e. The Morgan fingerprint density at radius 3 is 2.24 bits per heavy atom. The number of nitrogen functional groups attached to an aromatic ring is 2. The Hall–Kier alpha value is -2.78. The highest BCUT2D eigenvalue weighted by Gasteiger charge is 2.33. The normalized spacial score (nSPS) is 18.8. The summed E-state index contributed by atoms with van der Waals surface area (Å²) >= 11 is 0. The van der Waals surface area contributed by atoms with Crippen LogP contribution in [0.3, 0.4) is 0 Å². The van der Waals surface area contributed by atoms with Crippen LogP contribution in [-0.4, -0.2) is 43.9 Å². The lowest BCUT2D eigenvalue weighted by atomic mass is 10.0. The summed E-state index contributed by atoms with van der Waals surface area (Å²) in [6.45, 7) is 0.673. The summed E-state index contributed by atoms with van der Waals surface area (Å²) in [5.74, 6) is 0. The fraction of sp³-hybridized carbons (Fsp3) is 0.480. The SMILES string of the molecule is Nc1cccc(N(C(=O)NC2CCN(S(=O)(=O)c3ccccc3N)CC2)C2CCCCCC2)c1. The quantitative estimate of drug-likeness (QED) is 0.437. The van der Waals surface area contributed by atoms with Crippen LogP contribution in [0.25, 0.3) is 0 Å². The minimum Gasteiger partial charge on any atom is -0.399 e. The molecule has 1 saturated carbocycles. The molecule has 1 heterocycles. The van der Waals surface area contributed by atoms with Crippen LogP contribution in [0.5, 0.6) is 0 Å². The van der Waals surface area contributed by atoms with E-state index in [1.54, 1.807) is 18.2 Å². The summed E-state index contributed by atoms with van der Waals surface area (Å²) in [7, 11) is -3.66. The first-order chi connectivity index (χ1) is 16.4. The second-order valence-corrected chi connectivity index (χ2v) is 11.2. The largest absolute Gasteiger partial charge is 0.399 e. The molecule has 5 N–H and O–H groups in total. The number of urea groups is 1. The first-order valence-electron chi connectivity index (χ1n) is 12.2. The van der Waals surface area contributed by atoms with E-state index >= 15 is 0 Å². The molecule has 0 unspecified atom stereocenters. The predicted octanol–water partition coefficient (Wildman–Crippen LogP) is 3.94. The van der Waals surface area contributed by atoms with Gasteiger partial charge in [-0.15, -0.1) is 0 Å². The molecular formula is C25H35N5O3S. The number of benzene rings is 2. The van der Waals surface area contributed by atoms with Gasteiger partial charge in [0.1, 0.15) is 4.90 Å². The molecule has 0 bridgehead atoms. The Bertz CT molecular complexity index is 1090. The number of nitrogens with zero attached hydrogens (tertiary/aromatic N) is 2. The molecule has 8 nitrogen and oxygen atoms in total. The zero-order valence-electron chi connectivity index (χ0n) is 19.5. The number of sulfonamides is 1. The standard InChI is InChI=1S/C25H35N5O3S/c26-19-8-7-11-22(18-19)30(21-9-3-1-2-4-10-21)25(31)28-20-14-16-29(17-15-20)34(32,33)24-13-6-5-12-23(24)27/h5-8,11-13,18,20-21H,1-4,9-10,14-17,26-27H2,(H,28,31). The fourth-order valence-electron chi connectivity index (χ4n) is 5.02. The second-order valence-electron chi connectivity index (χ2n) is 9.28. The lowest BCUT2D eigenvalue weighted by Gasteiger charge is -2.36. The van der Waals surface area contributed by atoms with Crippen molar-refractivity contribution in [2.75, 3.05) is 29.5 Å². The van der Waals surface area contributed by atoms with Gasteiger partial charge >= 0.3 is 6.03 Å². The maximum atomic E-state index is 13.5. The zero-order chi connectivity index (χ0) is 24.1. The van der Waals surface area contributed by atoms with Crippen molar-refractivity contribution in [3.63, 3.8) is 0 Å². The molecule has 0 aromatic heterocycles. The Morgan fingerprint density at radius 2 is 1.59 bits per heavy atom. The number of para-hydroxylation sites is 1. The maximum Gasteiger partial charge on any atom is 0.322 e. The molecule has 1 saturated heterocycles. The minimum absolute atomic E-state index is 0.0959. The fourth-order valence-corrected chi connectivity index (χ4v) is 6.61. The number of hydrogen-bond donors (Lipinski definition) is 3. The first-order valence-corrected chi connectivity index (χ1v) is 13.6. The third-order valence-corrected chi connectivity index (χ3v) is 8.85. The monoisotopic (exact) mass is 485 g/mol. The predicted molar refractivity (Wildman–Crippen MR) is 136 cm³/mol. The number of carbonyl (C=O) groups is 1. The molecule has 1 aliphatic heterocycles. The lowest BCUT2D eigenvalue weighted by molar-refractivity contribution is 0.230. The molecule has 0 atom stereocenters. The molecular weight excluding hydrogens is 450 g/mol. The Balaban J connectivity index is 1.44. The van der Waals surface area contributed by atoms with Gasteiger partial charge in [-0.2, -0.15) is 4.31 Å². The molecule has 0 spiro atoms. The molecule has 2 aromatic rings. The molecule has 2 amide bonds. The van der Waals surface area contributed by atoms with Crippen molar-refractivity contribution >= 4 is 33.1 Å². The molecule has 184 valence electrons. The van der Waals surface area contributed by atoms with Gasteiger partial charge in [0.15, 0.2) is 0 Å². The summed E-state index contributed by atoms with van der Waals surface area (Å²) in [4.78, 5) is 15.5. The topological polar surface area (TPSA) is 122 Å². The van der Waals surface area contributed by atoms with E-state index in [9.17, 15) is 13.2 Å².